The average Bonchev–Trinajstić information content (AvgIpc) is 3.80. The molecule has 358 valence electrons. The zero-order valence-corrected chi connectivity index (χ0v) is 40.1. The molecule has 2 heterocycles. The molecule has 17 heteroatoms. The van der Waals surface area contributed by atoms with E-state index in [1.165, 1.54) is 56.4 Å². The number of likely N-dealkylation sites (tertiary alicyclic amines) is 1. The molecule has 1 aliphatic heterocycles. The number of piperidine rings is 1. The fraction of sp³-hybridized carbons (Fsp3) is 0.408. The molecule has 0 saturated carbocycles. The van der Waals surface area contributed by atoms with E-state index in [0.29, 0.717) is 64.5 Å². The largest absolute Gasteiger partial charge is 0.481 e. The highest BCUT2D eigenvalue weighted by Crippen LogP contribution is 2.34. The van der Waals surface area contributed by atoms with Crippen LogP contribution in [0.4, 0.5) is 4.39 Å². The van der Waals surface area contributed by atoms with Gasteiger partial charge in [-0.1, -0.05) is 122 Å². The van der Waals surface area contributed by atoms with Crippen molar-refractivity contribution in [3.05, 3.63) is 168 Å². The number of carboxylic acids is 1. The number of halogens is 5. The molecule has 1 fully saturated rings. The Labute approximate surface area is 406 Å². The third-order valence-corrected chi connectivity index (χ3v) is 11.8. The Bertz CT molecular complexity index is 2150. The number of unbranched alkanes of at least 4 members (excludes halogenated alkanes) is 6. The monoisotopic (exact) mass is 990 g/mol. The number of aliphatic hydroxyl groups is 1. The molecule has 0 amide bonds. The number of hydrogen-bond acceptors (Lipinski definition) is 8. The first-order valence-corrected chi connectivity index (χ1v) is 23.4. The van der Waals surface area contributed by atoms with Gasteiger partial charge in [0.15, 0.2) is 5.78 Å². The van der Waals surface area contributed by atoms with Crippen LogP contribution in [0.1, 0.15) is 117 Å². The summed E-state index contributed by atoms with van der Waals surface area (Å²) in [4.78, 5) is 37.0. The molecule has 66 heavy (non-hydrogen) atoms. The lowest BCUT2D eigenvalue weighted by molar-refractivity contribution is -0.742. The molecule has 1 saturated heterocycles. The van der Waals surface area contributed by atoms with Crippen molar-refractivity contribution in [1.82, 2.24) is 14.5 Å². The number of aliphatic carboxylic acids is 1. The van der Waals surface area contributed by atoms with E-state index in [2.05, 4.69) is 16.8 Å². The van der Waals surface area contributed by atoms with Crippen molar-refractivity contribution in [3.63, 3.8) is 0 Å². The first-order chi connectivity index (χ1) is 31.6. The molecule has 1 aliphatic rings. The fourth-order valence-corrected chi connectivity index (χ4v) is 7.82. The van der Waals surface area contributed by atoms with E-state index in [4.69, 9.17) is 71.6 Å². The number of ketones is 1. The zero-order chi connectivity index (χ0) is 48.3. The number of aromatic nitrogens is 2. The summed E-state index contributed by atoms with van der Waals surface area (Å²) in [6.07, 6.45) is 16.3. The topological polar surface area (TPSA) is 168 Å². The predicted octanol–water partition coefficient (Wildman–Crippen LogP) is 13.1. The highest BCUT2D eigenvalue weighted by atomic mass is 35.5. The van der Waals surface area contributed by atoms with Crippen LogP contribution in [-0.2, 0) is 28.3 Å². The molecule has 1 atom stereocenters. The highest BCUT2D eigenvalue weighted by molar-refractivity contribution is 6.35. The van der Waals surface area contributed by atoms with Crippen LogP contribution in [0.5, 0.6) is 0 Å². The Morgan fingerprint density at radius 1 is 0.833 bits per heavy atom. The lowest BCUT2D eigenvalue weighted by Crippen LogP contribution is -2.42. The van der Waals surface area contributed by atoms with Gasteiger partial charge in [0.2, 0.25) is 0 Å². The lowest BCUT2D eigenvalue weighted by atomic mass is 9.84. The lowest BCUT2D eigenvalue weighted by Gasteiger charge is -2.38. The van der Waals surface area contributed by atoms with Crippen LogP contribution in [-0.4, -0.2) is 66.3 Å². The molecular weight excluding hydrogens is 933 g/mol. The van der Waals surface area contributed by atoms with E-state index in [9.17, 15) is 19.1 Å². The van der Waals surface area contributed by atoms with E-state index in [-0.39, 0.29) is 17.7 Å². The van der Waals surface area contributed by atoms with Gasteiger partial charge in [0, 0.05) is 69.5 Å². The van der Waals surface area contributed by atoms with E-state index in [0.717, 1.165) is 55.6 Å². The molecule has 0 bridgehead atoms. The first kappa shape index (κ1) is 55.7. The summed E-state index contributed by atoms with van der Waals surface area (Å²) in [5.41, 5.74) is 2.60. The van der Waals surface area contributed by atoms with Crippen LogP contribution in [0.25, 0.3) is 0 Å². The molecule has 12 nitrogen and oxygen atoms in total. The van der Waals surface area contributed by atoms with Gasteiger partial charge in [0.25, 0.3) is 5.09 Å². The molecule has 1 aromatic heterocycles. The number of ether oxygens (including phenoxy) is 1. The molecule has 3 N–H and O–H groups in total. The van der Waals surface area contributed by atoms with Gasteiger partial charge in [-0.2, -0.15) is 0 Å². The van der Waals surface area contributed by atoms with Crippen molar-refractivity contribution < 1.29 is 39.2 Å². The Morgan fingerprint density at radius 2 is 1.41 bits per heavy atom. The minimum atomic E-state index is -1.50. The molecule has 0 spiro atoms. The number of carbonyl (C=O) groups excluding carboxylic acids is 1. The summed E-state index contributed by atoms with van der Waals surface area (Å²) in [5, 5.41) is 35.4. The standard InChI is InChI=1S/C21H23ClFNO2.C18H15Cl3N2O.C10H20O2.HNO3/c22-18-7-5-17(6-8-18)21(26)11-14-24(15-12-21)13-1-2-20(25)16-3-9-19(23)10-4-16;19-14-3-1-13(2-4-14)11-24-18(10-23-8-7-22-12-23)16-6-5-15(20)9-17(16)21;1-2-3-4-5-6-7-8-9-10(11)12;2-1(3)4/h3-10,26H,1-2,11-15H2;1-9,12,18H,10-11H2;2-9H2,1H3,(H,11,12);(H,2,3,4). The normalized spacial score (nSPS) is 13.4. The van der Waals surface area contributed by atoms with Crippen LogP contribution in [0, 0.1) is 15.9 Å². The number of carbonyl (C=O) groups is 2. The van der Waals surface area contributed by atoms with E-state index in [1.807, 2.05) is 71.4 Å². The molecule has 4 aromatic carbocycles. The third kappa shape index (κ3) is 22.3. The van der Waals surface area contributed by atoms with Crippen molar-refractivity contribution >= 4 is 58.2 Å². The Balaban J connectivity index is 0.000000267. The quantitative estimate of drug-likeness (QED) is 0.0295. The van der Waals surface area contributed by atoms with Crippen molar-refractivity contribution in [2.45, 2.75) is 109 Å². The van der Waals surface area contributed by atoms with Gasteiger partial charge < -0.3 is 29.6 Å². The van der Waals surface area contributed by atoms with Crippen LogP contribution in [0.2, 0.25) is 20.1 Å². The fourth-order valence-electron chi connectivity index (χ4n) is 7.04. The number of benzene rings is 4. The van der Waals surface area contributed by atoms with Gasteiger partial charge in [-0.25, -0.2) is 9.37 Å². The molecule has 1 unspecified atom stereocenters. The van der Waals surface area contributed by atoms with E-state index in [1.54, 1.807) is 18.6 Å². The zero-order valence-electron chi connectivity index (χ0n) is 37.1. The number of imidazole rings is 1. The number of nitrogens with zero attached hydrogens (tertiary/aromatic N) is 4. The second kappa shape index (κ2) is 30.6. The summed E-state index contributed by atoms with van der Waals surface area (Å²) in [6, 6.07) is 26.1. The van der Waals surface area contributed by atoms with Crippen molar-refractivity contribution in [2.75, 3.05) is 19.6 Å². The average molecular weight is 993 g/mol. The van der Waals surface area contributed by atoms with Crippen LogP contribution >= 0.6 is 46.4 Å². The first-order valence-electron chi connectivity index (χ1n) is 21.9. The van der Waals surface area contributed by atoms with Crippen LogP contribution < -0.4 is 0 Å². The number of rotatable bonds is 20. The predicted molar refractivity (Wildman–Crippen MR) is 258 cm³/mol. The highest BCUT2D eigenvalue weighted by Gasteiger charge is 2.33. The Kier molecular flexibility index (Phi) is 25.9. The van der Waals surface area contributed by atoms with Crippen LogP contribution in [0.3, 0.4) is 0 Å². The minimum Gasteiger partial charge on any atom is -0.481 e. The Morgan fingerprint density at radius 3 is 1.97 bits per heavy atom. The van der Waals surface area contributed by atoms with E-state index >= 15 is 0 Å². The summed E-state index contributed by atoms with van der Waals surface area (Å²) in [6.45, 7) is 5.67. The SMILES string of the molecule is CCCCCCCCCC(=O)O.Clc1ccc(COC(Cn2ccnc2)c2ccc(Cl)cc2Cl)cc1.O=C(CCCN1CCC(O)(c2ccc(Cl)cc2)CC1)c1ccc(F)cc1.O=[N+]([O-])O. The van der Waals surface area contributed by atoms with Crippen molar-refractivity contribution in [1.29, 1.82) is 0 Å². The second-order valence-electron chi connectivity index (χ2n) is 15.8. The maximum atomic E-state index is 12.9. The smallest absolute Gasteiger partial charge is 0.303 e. The molecule has 0 radical (unpaired) electrons. The summed E-state index contributed by atoms with van der Waals surface area (Å²) in [7, 11) is 0. The minimum absolute atomic E-state index is 0.0414. The van der Waals surface area contributed by atoms with Crippen molar-refractivity contribution in [3.8, 4) is 0 Å². The number of hydrogen-bond donors (Lipinski definition) is 3. The van der Waals surface area contributed by atoms with Gasteiger partial charge in [-0.3, -0.25) is 9.59 Å². The summed E-state index contributed by atoms with van der Waals surface area (Å²) >= 11 is 24.2. The third-order valence-electron chi connectivity index (χ3n) is 10.7. The van der Waals surface area contributed by atoms with Gasteiger partial charge in [-0.15, -0.1) is 10.1 Å². The molecule has 6 rings (SSSR count). The number of Topliss-reactive ketones (excluding diaryl/α,β-unsaturated/α-hetero) is 1. The van der Waals surface area contributed by atoms with Gasteiger partial charge in [0.05, 0.1) is 25.1 Å². The molecule has 5 aromatic rings. The Hall–Kier alpha value is -4.60. The van der Waals surface area contributed by atoms with Crippen molar-refractivity contribution in [2.24, 2.45) is 0 Å². The molecular formula is C49H59Cl4FN4O8. The second-order valence-corrected chi connectivity index (χ2v) is 17.5. The molecule has 0 aliphatic carbocycles. The summed E-state index contributed by atoms with van der Waals surface area (Å²) < 4.78 is 21.0. The van der Waals surface area contributed by atoms with Crippen LogP contribution in [0.15, 0.2) is 110 Å². The maximum absolute atomic E-state index is 12.9. The van der Waals surface area contributed by atoms with Gasteiger partial charge >= 0.3 is 5.97 Å². The number of carboxylic acid groups (broad SMARTS) is 1. The van der Waals surface area contributed by atoms with Gasteiger partial charge in [0.1, 0.15) is 11.9 Å². The maximum Gasteiger partial charge on any atom is 0.303 e. The van der Waals surface area contributed by atoms with Gasteiger partial charge in [-0.05, 0) is 104 Å². The summed E-state index contributed by atoms with van der Waals surface area (Å²) in [5.74, 6) is -0.953. The van der Waals surface area contributed by atoms with E-state index < -0.39 is 16.7 Å².